The summed E-state index contributed by atoms with van der Waals surface area (Å²) < 4.78 is 12.7. The van der Waals surface area contributed by atoms with Crippen molar-refractivity contribution in [2.45, 2.75) is 90.1 Å². The standard InChI is InChI=1S/C16H34O2Si/c1-4-7-8-11-15-19(17-6-3,18-14-5-2)16-12-9-10-13-16/h16H,4-15H2,1-3H3. The summed E-state index contributed by atoms with van der Waals surface area (Å²) in [5.41, 5.74) is 0.764. The van der Waals surface area contributed by atoms with Gasteiger partial charge in [-0.1, -0.05) is 52.4 Å². The van der Waals surface area contributed by atoms with Crippen LogP contribution in [0.1, 0.15) is 78.6 Å². The molecule has 1 unspecified atom stereocenters. The molecule has 0 aliphatic heterocycles. The molecule has 1 aliphatic rings. The van der Waals surface area contributed by atoms with Crippen LogP contribution in [0.3, 0.4) is 0 Å². The molecular weight excluding hydrogens is 252 g/mol. The van der Waals surface area contributed by atoms with E-state index in [1.807, 2.05) is 0 Å². The Bertz CT molecular complexity index is 217. The summed E-state index contributed by atoms with van der Waals surface area (Å²) in [6.45, 7) is 8.35. The van der Waals surface area contributed by atoms with E-state index in [2.05, 4.69) is 20.8 Å². The Morgan fingerprint density at radius 2 is 1.63 bits per heavy atom. The highest BCUT2D eigenvalue weighted by atomic mass is 28.4. The molecule has 0 bridgehead atoms. The van der Waals surface area contributed by atoms with E-state index < -0.39 is 8.56 Å². The van der Waals surface area contributed by atoms with Crippen LogP contribution in [0.5, 0.6) is 0 Å². The molecular formula is C16H34O2Si. The van der Waals surface area contributed by atoms with Crippen LogP contribution in [-0.4, -0.2) is 21.8 Å². The molecule has 114 valence electrons. The van der Waals surface area contributed by atoms with Crippen LogP contribution < -0.4 is 0 Å². The van der Waals surface area contributed by atoms with Crippen LogP contribution in [0.15, 0.2) is 0 Å². The fraction of sp³-hybridized carbons (Fsp3) is 1.00. The van der Waals surface area contributed by atoms with E-state index in [9.17, 15) is 0 Å². The van der Waals surface area contributed by atoms with Crippen LogP contribution >= 0.6 is 0 Å². The lowest BCUT2D eigenvalue weighted by atomic mass is 10.2. The van der Waals surface area contributed by atoms with Gasteiger partial charge in [0.25, 0.3) is 0 Å². The lowest BCUT2D eigenvalue weighted by Crippen LogP contribution is -2.46. The van der Waals surface area contributed by atoms with Crippen LogP contribution in [0.2, 0.25) is 11.6 Å². The van der Waals surface area contributed by atoms with Gasteiger partial charge in [0.2, 0.25) is 0 Å². The first-order valence-electron chi connectivity index (χ1n) is 8.57. The zero-order valence-corrected chi connectivity index (χ0v) is 14.4. The molecule has 19 heavy (non-hydrogen) atoms. The van der Waals surface area contributed by atoms with E-state index in [0.717, 1.165) is 25.2 Å². The SMILES string of the molecule is CCCCCC[Si](OCC)(OCCC)C1CCCC1. The van der Waals surface area contributed by atoms with Crippen LogP contribution in [0.25, 0.3) is 0 Å². The quantitative estimate of drug-likeness (QED) is 0.373. The van der Waals surface area contributed by atoms with Crippen molar-refractivity contribution in [1.29, 1.82) is 0 Å². The summed E-state index contributed by atoms with van der Waals surface area (Å²) in [6.07, 6.45) is 11.9. The van der Waals surface area contributed by atoms with Crippen LogP contribution in [0, 0.1) is 0 Å². The molecule has 0 heterocycles. The lowest BCUT2D eigenvalue weighted by molar-refractivity contribution is 0.163. The van der Waals surface area contributed by atoms with Gasteiger partial charge in [-0.05, 0) is 32.2 Å². The van der Waals surface area contributed by atoms with Crippen molar-refractivity contribution in [1.82, 2.24) is 0 Å². The molecule has 0 aromatic carbocycles. The Morgan fingerprint density at radius 3 is 2.21 bits per heavy atom. The zero-order chi connectivity index (χ0) is 14.0. The Balaban J connectivity index is 2.59. The predicted octanol–water partition coefficient (Wildman–Crippen LogP) is 5.42. The molecule has 1 rings (SSSR count). The molecule has 0 amide bonds. The Morgan fingerprint density at radius 1 is 0.895 bits per heavy atom. The Hall–Kier alpha value is 0.137. The van der Waals surface area contributed by atoms with Gasteiger partial charge in [-0.15, -0.1) is 0 Å². The largest absolute Gasteiger partial charge is 0.394 e. The molecule has 3 heteroatoms. The fourth-order valence-electron chi connectivity index (χ4n) is 3.31. The van der Waals surface area contributed by atoms with Crippen LogP contribution in [0.4, 0.5) is 0 Å². The van der Waals surface area contributed by atoms with Gasteiger partial charge in [-0.2, -0.15) is 0 Å². The van der Waals surface area contributed by atoms with Crippen LogP contribution in [-0.2, 0) is 8.85 Å². The second kappa shape index (κ2) is 9.95. The van der Waals surface area contributed by atoms with Crippen molar-refractivity contribution in [2.24, 2.45) is 0 Å². The third-order valence-electron chi connectivity index (χ3n) is 4.30. The van der Waals surface area contributed by atoms with Gasteiger partial charge in [-0.3, -0.25) is 0 Å². The maximum atomic E-state index is 6.40. The zero-order valence-electron chi connectivity index (χ0n) is 13.4. The Kier molecular flexibility index (Phi) is 9.00. The minimum absolute atomic E-state index is 0.764. The first-order chi connectivity index (χ1) is 9.29. The summed E-state index contributed by atoms with van der Waals surface area (Å²) in [5.74, 6) is 0. The second-order valence-corrected chi connectivity index (χ2v) is 9.40. The monoisotopic (exact) mass is 286 g/mol. The Labute approximate surface area is 121 Å². The van der Waals surface area contributed by atoms with E-state index >= 15 is 0 Å². The van der Waals surface area contributed by atoms with Gasteiger partial charge in [0.1, 0.15) is 0 Å². The van der Waals surface area contributed by atoms with Crippen molar-refractivity contribution in [3.8, 4) is 0 Å². The van der Waals surface area contributed by atoms with Gasteiger partial charge >= 0.3 is 8.56 Å². The molecule has 0 aromatic heterocycles. The molecule has 1 atom stereocenters. The molecule has 0 saturated heterocycles. The van der Waals surface area contributed by atoms with Gasteiger partial charge in [-0.25, -0.2) is 0 Å². The lowest BCUT2D eigenvalue weighted by Gasteiger charge is -2.35. The third-order valence-corrected chi connectivity index (χ3v) is 8.64. The average molecular weight is 287 g/mol. The molecule has 0 spiro atoms. The normalized spacial score (nSPS) is 19.7. The molecule has 0 aromatic rings. The fourth-order valence-corrected chi connectivity index (χ4v) is 7.63. The number of unbranched alkanes of at least 4 members (excludes halogenated alkanes) is 3. The summed E-state index contributed by atoms with van der Waals surface area (Å²) in [7, 11) is -1.93. The van der Waals surface area contributed by atoms with E-state index in [1.165, 1.54) is 57.4 Å². The second-order valence-electron chi connectivity index (χ2n) is 5.89. The predicted molar refractivity (Wildman–Crippen MR) is 84.8 cm³/mol. The number of rotatable bonds is 11. The summed E-state index contributed by atoms with van der Waals surface area (Å²) >= 11 is 0. The van der Waals surface area contributed by atoms with E-state index in [1.54, 1.807) is 0 Å². The first-order valence-corrected chi connectivity index (χ1v) is 10.7. The third kappa shape index (κ3) is 5.56. The van der Waals surface area contributed by atoms with Gasteiger partial charge in [0.05, 0.1) is 0 Å². The smallest absolute Gasteiger partial charge is 0.341 e. The summed E-state index contributed by atoms with van der Waals surface area (Å²) in [5, 5.41) is 0. The maximum absolute atomic E-state index is 6.40. The van der Waals surface area contributed by atoms with Gasteiger partial charge in [0, 0.05) is 18.8 Å². The van der Waals surface area contributed by atoms with Crippen molar-refractivity contribution in [2.75, 3.05) is 13.2 Å². The van der Waals surface area contributed by atoms with E-state index in [0.29, 0.717) is 0 Å². The molecule has 0 radical (unpaired) electrons. The first kappa shape index (κ1) is 17.2. The minimum atomic E-state index is -1.93. The highest BCUT2D eigenvalue weighted by Gasteiger charge is 2.46. The topological polar surface area (TPSA) is 18.5 Å². The molecule has 0 N–H and O–H groups in total. The average Bonchev–Trinajstić information content (AvgIpc) is 2.95. The minimum Gasteiger partial charge on any atom is -0.394 e. The number of hydrogen-bond donors (Lipinski definition) is 0. The summed E-state index contributed by atoms with van der Waals surface area (Å²) in [6, 6.07) is 1.23. The van der Waals surface area contributed by atoms with Crippen molar-refractivity contribution >= 4 is 8.56 Å². The summed E-state index contributed by atoms with van der Waals surface area (Å²) in [4.78, 5) is 0. The molecule has 2 nitrogen and oxygen atoms in total. The van der Waals surface area contributed by atoms with Crippen molar-refractivity contribution < 1.29 is 8.85 Å². The van der Waals surface area contributed by atoms with E-state index in [-0.39, 0.29) is 0 Å². The van der Waals surface area contributed by atoms with Gasteiger partial charge < -0.3 is 8.85 Å². The maximum Gasteiger partial charge on any atom is 0.341 e. The molecule has 1 saturated carbocycles. The molecule has 1 aliphatic carbocycles. The molecule has 1 fully saturated rings. The van der Waals surface area contributed by atoms with Gasteiger partial charge in [0.15, 0.2) is 0 Å². The van der Waals surface area contributed by atoms with Crippen molar-refractivity contribution in [3.63, 3.8) is 0 Å². The highest BCUT2D eigenvalue weighted by Crippen LogP contribution is 2.42. The van der Waals surface area contributed by atoms with E-state index in [4.69, 9.17) is 8.85 Å². The van der Waals surface area contributed by atoms with Crippen molar-refractivity contribution in [3.05, 3.63) is 0 Å². The highest BCUT2D eigenvalue weighted by molar-refractivity contribution is 6.69. The number of hydrogen-bond acceptors (Lipinski definition) is 2.